The largest absolute Gasteiger partial charge is 0.298 e. The Kier molecular flexibility index (Phi) is 2.58. The first kappa shape index (κ1) is 8.91. The van der Waals surface area contributed by atoms with Gasteiger partial charge in [0, 0.05) is 5.56 Å². The fourth-order valence-electron chi connectivity index (χ4n) is 1.04. The van der Waals surface area contributed by atoms with Crippen molar-refractivity contribution < 1.29 is 9.18 Å². The van der Waals surface area contributed by atoms with Gasteiger partial charge >= 0.3 is 0 Å². The molecule has 0 fully saturated rings. The molecule has 0 aromatic heterocycles. The number of halogens is 1. The van der Waals surface area contributed by atoms with Gasteiger partial charge in [0.25, 0.3) is 0 Å². The SMILES string of the molecule is CC(C)c1cc(F)cc(C=O)c1. The number of hydrogen-bond acceptors (Lipinski definition) is 1. The van der Waals surface area contributed by atoms with Gasteiger partial charge in [-0.2, -0.15) is 0 Å². The van der Waals surface area contributed by atoms with Gasteiger partial charge in [0.1, 0.15) is 12.1 Å². The molecule has 0 radical (unpaired) electrons. The van der Waals surface area contributed by atoms with Crippen LogP contribution in [0.1, 0.15) is 35.7 Å². The molecule has 0 aliphatic carbocycles. The minimum Gasteiger partial charge on any atom is -0.298 e. The maximum atomic E-state index is 12.8. The van der Waals surface area contributed by atoms with Crippen LogP contribution in [0.2, 0.25) is 0 Å². The minimum absolute atomic E-state index is 0.249. The van der Waals surface area contributed by atoms with E-state index in [1.54, 1.807) is 6.07 Å². The molecule has 0 saturated carbocycles. The minimum atomic E-state index is -0.344. The van der Waals surface area contributed by atoms with Crippen LogP contribution in [0, 0.1) is 5.82 Å². The Morgan fingerprint density at radius 1 is 1.33 bits per heavy atom. The summed E-state index contributed by atoms with van der Waals surface area (Å²) < 4.78 is 12.8. The lowest BCUT2D eigenvalue weighted by Crippen LogP contribution is -1.91. The van der Waals surface area contributed by atoms with Crippen LogP contribution < -0.4 is 0 Å². The molecule has 0 spiro atoms. The first-order valence-electron chi connectivity index (χ1n) is 3.89. The molecule has 0 amide bonds. The summed E-state index contributed by atoms with van der Waals surface area (Å²) >= 11 is 0. The van der Waals surface area contributed by atoms with Crippen molar-refractivity contribution in [1.29, 1.82) is 0 Å². The van der Waals surface area contributed by atoms with E-state index in [4.69, 9.17) is 0 Å². The van der Waals surface area contributed by atoms with Gasteiger partial charge in [0.05, 0.1) is 0 Å². The predicted octanol–water partition coefficient (Wildman–Crippen LogP) is 2.76. The summed E-state index contributed by atoms with van der Waals surface area (Å²) in [5.74, 6) is -0.0947. The van der Waals surface area contributed by atoms with E-state index >= 15 is 0 Å². The smallest absolute Gasteiger partial charge is 0.150 e. The average molecular weight is 166 g/mol. The van der Waals surface area contributed by atoms with Crippen LogP contribution in [0.15, 0.2) is 18.2 Å². The van der Waals surface area contributed by atoms with Crippen molar-refractivity contribution in [2.24, 2.45) is 0 Å². The van der Waals surface area contributed by atoms with Gasteiger partial charge in [-0.3, -0.25) is 4.79 Å². The molecular formula is C10H11FO. The van der Waals surface area contributed by atoms with Gasteiger partial charge in [-0.1, -0.05) is 13.8 Å². The summed E-state index contributed by atoms with van der Waals surface area (Å²) in [5, 5.41) is 0. The highest BCUT2D eigenvalue weighted by Gasteiger charge is 2.02. The Morgan fingerprint density at radius 3 is 2.50 bits per heavy atom. The highest BCUT2D eigenvalue weighted by atomic mass is 19.1. The lowest BCUT2D eigenvalue weighted by Gasteiger charge is -2.05. The van der Waals surface area contributed by atoms with Crippen LogP contribution in [0.4, 0.5) is 4.39 Å². The number of carbonyl (C=O) groups is 1. The first-order valence-corrected chi connectivity index (χ1v) is 3.89. The van der Waals surface area contributed by atoms with Crippen molar-refractivity contribution in [3.05, 3.63) is 35.1 Å². The molecule has 64 valence electrons. The molecule has 0 aliphatic heterocycles. The van der Waals surface area contributed by atoms with E-state index in [1.165, 1.54) is 12.1 Å². The van der Waals surface area contributed by atoms with Gasteiger partial charge in [-0.05, 0) is 29.7 Å². The lowest BCUT2D eigenvalue weighted by atomic mass is 10.0. The van der Waals surface area contributed by atoms with Crippen molar-refractivity contribution in [3.63, 3.8) is 0 Å². The van der Waals surface area contributed by atoms with Gasteiger partial charge in [-0.25, -0.2) is 4.39 Å². The van der Waals surface area contributed by atoms with Gasteiger partial charge in [0.2, 0.25) is 0 Å². The zero-order valence-corrected chi connectivity index (χ0v) is 7.17. The van der Waals surface area contributed by atoms with Crippen LogP contribution in [0.25, 0.3) is 0 Å². The molecule has 1 aromatic rings. The quantitative estimate of drug-likeness (QED) is 0.617. The molecule has 1 aromatic carbocycles. The van der Waals surface area contributed by atoms with E-state index in [0.29, 0.717) is 11.8 Å². The molecule has 0 N–H and O–H groups in total. The second kappa shape index (κ2) is 3.48. The molecule has 1 rings (SSSR count). The summed E-state index contributed by atoms with van der Waals surface area (Å²) in [6.07, 6.45) is 0.662. The zero-order chi connectivity index (χ0) is 9.14. The Labute approximate surface area is 71.2 Å². The third-order valence-electron chi connectivity index (χ3n) is 1.75. The van der Waals surface area contributed by atoms with Gasteiger partial charge in [0.15, 0.2) is 0 Å². The van der Waals surface area contributed by atoms with Crippen LogP contribution in [-0.4, -0.2) is 6.29 Å². The maximum Gasteiger partial charge on any atom is 0.150 e. The molecular weight excluding hydrogens is 155 g/mol. The van der Waals surface area contributed by atoms with Crippen molar-refractivity contribution in [3.8, 4) is 0 Å². The zero-order valence-electron chi connectivity index (χ0n) is 7.17. The third kappa shape index (κ3) is 1.91. The molecule has 0 atom stereocenters. The topological polar surface area (TPSA) is 17.1 Å². The normalized spacial score (nSPS) is 10.3. The highest BCUT2D eigenvalue weighted by Crippen LogP contribution is 2.16. The standard InChI is InChI=1S/C10H11FO/c1-7(2)9-3-8(6-12)4-10(11)5-9/h3-7H,1-2H3. The van der Waals surface area contributed by atoms with E-state index in [2.05, 4.69) is 0 Å². The summed E-state index contributed by atoms with van der Waals surface area (Å²) in [6, 6.07) is 4.40. The summed E-state index contributed by atoms with van der Waals surface area (Å²) in [7, 11) is 0. The maximum absolute atomic E-state index is 12.8. The Morgan fingerprint density at radius 2 is 2.00 bits per heavy atom. The summed E-state index contributed by atoms with van der Waals surface area (Å²) in [4.78, 5) is 10.4. The Bertz CT molecular complexity index is 292. The average Bonchev–Trinajstić information content (AvgIpc) is 2.03. The van der Waals surface area contributed by atoms with E-state index < -0.39 is 0 Å². The van der Waals surface area contributed by atoms with Crippen molar-refractivity contribution in [1.82, 2.24) is 0 Å². The number of aldehydes is 1. The van der Waals surface area contributed by atoms with E-state index in [1.807, 2.05) is 13.8 Å². The molecule has 12 heavy (non-hydrogen) atoms. The van der Waals surface area contributed by atoms with Crippen molar-refractivity contribution in [2.45, 2.75) is 19.8 Å². The Balaban J connectivity index is 3.14. The molecule has 0 heterocycles. The molecule has 1 nitrogen and oxygen atoms in total. The number of hydrogen-bond donors (Lipinski definition) is 0. The lowest BCUT2D eigenvalue weighted by molar-refractivity contribution is 0.112. The third-order valence-corrected chi connectivity index (χ3v) is 1.75. The van der Waals surface area contributed by atoms with Crippen molar-refractivity contribution >= 4 is 6.29 Å². The molecule has 0 bridgehead atoms. The fraction of sp³-hybridized carbons (Fsp3) is 0.300. The fourth-order valence-corrected chi connectivity index (χ4v) is 1.04. The van der Waals surface area contributed by atoms with Gasteiger partial charge in [-0.15, -0.1) is 0 Å². The van der Waals surface area contributed by atoms with Crippen LogP contribution in [0.3, 0.4) is 0 Å². The molecule has 2 heteroatoms. The molecule has 0 aliphatic rings. The highest BCUT2D eigenvalue weighted by molar-refractivity contribution is 5.75. The van der Waals surface area contributed by atoms with Crippen LogP contribution in [-0.2, 0) is 0 Å². The van der Waals surface area contributed by atoms with Crippen molar-refractivity contribution in [2.75, 3.05) is 0 Å². The monoisotopic (exact) mass is 166 g/mol. The molecule has 0 saturated heterocycles. The van der Waals surface area contributed by atoms with Gasteiger partial charge < -0.3 is 0 Å². The summed E-state index contributed by atoms with van der Waals surface area (Å²) in [5.41, 5.74) is 1.26. The van der Waals surface area contributed by atoms with E-state index in [9.17, 15) is 9.18 Å². The van der Waals surface area contributed by atoms with E-state index in [0.717, 1.165) is 5.56 Å². The summed E-state index contributed by atoms with van der Waals surface area (Å²) in [6.45, 7) is 3.92. The second-order valence-corrected chi connectivity index (χ2v) is 3.09. The molecule has 0 unspecified atom stereocenters. The number of carbonyl (C=O) groups excluding carboxylic acids is 1. The number of benzene rings is 1. The first-order chi connectivity index (χ1) is 5.63. The van der Waals surface area contributed by atoms with E-state index in [-0.39, 0.29) is 11.7 Å². The van der Waals surface area contributed by atoms with Crippen LogP contribution >= 0.6 is 0 Å². The Hall–Kier alpha value is -1.18. The predicted molar refractivity (Wildman–Crippen MR) is 45.9 cm³/mol. The second-order valence-electron chi connectivity index (χ2n) is 3.09. The number of rotatable bonds is 2. The van der Waals surface area contributed by atoms with Crippen LogP contribution in [0.5, 0.6) is 0 Å².